The maximum atomic E-state index is 12.8. The molecule has 0 aliphatic carbocycles. The number of hydrogen-bond acceptors (Lipinski definition) is 6. The maximum absolute atomic E-state index is 12.8. The number of amides is 1. The van der Waals surface area contributed by atoms with Crippen molar-refractivity contribution in [3.05, 3.63) is 35.6 Å². The van der Waals surface area contributed by atoms with Gasteiger partial charge in [0.1, 0.15) is 5.82 Å². The van der Waals surface area contributed by atoms with Gasteiger partial charge in [-0.05, 0) is 24.6 Å². The maximum Gasteiger partial charge on any atom is 0.230 e. The van der Waals surface area contributed by atoms with E-state index in [-0.39, 0.29) is 23.5 Å². The molecule has 3 N–H and O–H groups in total. The van der Waals surface area contributed by atoms with Crippen molar-refractivity contribution in [2.24, 2.45) is 0 Å². The summed E-state index contributed by atoms with van der Waals surface area (Å²) in [5.41, 5.74) is 6.31. The van der Waals surface area contributed by atoms with E-state index in [4.69, 9.17) is 5.73 Å². The second-order valence-electron chi connectivity index (χ2n) is 4.04. The van der Waals surface area contributed by atoms with Gasteiger partial charge in [-0.25, -0.2) is 4.39 Å². The summed E-state index contributed by atoms with van der Waals surface area (Å²) >= 11 is 2.53. The number of anilines is 1. The van der Waals surface area contributed by atoms with Gasteiger partial charge >= 0.3 is 0 Å². The van der Waals surface area contributed by atoms with Crippen LogP contribution in [0.5, 0.6) is 0 Å². The van der Waals surface area contributed by atoms with Crippen molar-refractivity contribution in [2.45, 2.75) is 17.3 Å². The Labute approximate surface area is 123 Å². The van der Waals surface area contributed by atoms with Gasteiger partial charge < -0.3 is 11.1 Å². The van der Waals surface area contributed by atoms with Gasteiger partial charge in [0, 0.05) is 0 Å². The molecule has 0 aliphatic rings. The minimum Gasteiger partial charge on any atom is -0.374 e. The number of carbonyl (C=O) groups excluding carboxylic acids is 1. The van der Waals surface area contributed by atoms with E-state index in [0.717, 1.165) is 5.56 Å². The Balaban J connectivity index is 1.83. The molecule has 0 saturated carbocycles. The van der Waals surface area contributed by atoms with Crippen LogP contribution in [-0.2, 0) is 4.79 Å². The number of nitrogens with two attached hydrogens (primary N) is 1. The fraction of sp³-hybridized carbons (Fsp3) is 0.250. The summed E-state index contributed by atoms with van der Waals surface area (Å²) in [6.07, 6.45) is 0. The molecule has 1 aromatic carbocycles. The highest BCUT2D eigenvalue weighted by atomic mass is 32.2. The number of halogens is 1. The Morgan fingerprint density at radius 3 is 2.75 bits per heavy atom. The van der Waals surface area contributed by atoms with Crippen LogP contribution in [0.4, 0.5) is 9.52 Å². The predicted molar refractivity (Wildman–Crippen MR) is 78.0 cm³/mol. The largest absolute Gasteiger partial charge is 0.374 e. The van der Waals surface area contributed by atoms with E-state index in [1.54, 1.807) is 12.1 Å². The first-order valence-electron chi connectivity index (χ1n) is 5.81. The van der Waals surface area contributed by atoms with Crippen LogP contribution in [0.3, 0.4) is 0 Å². The van der Waals surface area contributed by atoms with Gasteiger partial charge in [0.15, 0.2) is 4.34 Å². The number of thioether (sulfide) groups is 1. The number of nitrogens with one attached hydrogen (secondary N) is 1. The lowest BCUT2D eigenvalue weighted by Crippen LogP contribution is -2.28. The fourth-order valence-corrected chi connectivity index (χ4v) is 2.97. The molecule has 0 fully saturated rings. The highest BCUT2D eigenvalue weighted by molar-refractivity contribution is 8.01. The summed E-state index contributed by atoms with van der Waals surface area (Å²) in [7, 11) is 0. The third-order valence-corrected chi connectivity index (χ3v) is 4.38. The Hall–Kier alpha value is -1.67. The molecule has 2 rings (SSSR count). The smallest absolute Gasteiger partial charge is 0.230 e. The van der Waals surface area contributed by atoms with Gasteiger partial charge in [0.25, 0.3) is 0 Å². The van der Waals surface area contributed by atoms with Gasteiger partial charge in [-0.15, -0.1) is 10.2 Å². The number of benzene rings is 1. The summed E-state index contributed by atoms with van der Waals surface area (Å²) < 4.78 is 13.5. The van der Waals surface area contributed by atoms with E-state index in [9.17, 15) is 9.18 Å². The first-order valence-corrected chi connectivity index (χ1v) is 7.61. The summed E-state index contributed by atoms with van der Waals surface area (Å²) in [5, 5.41) is 10.7. The zero-order valence-electron chi connectivity index (χ0n) is 10.7. The summed E-state index contributed by atoms with van der Waals surface area (Å²) in [6.45, 7) is 1.85. The van der Waals surface area contributed by atoms with Crippen molar-refractivity contribution in [3.63, 3.8) is 0 Å². The molecule has 2 aromatic rings. The molecule has 1 amide bonds. The lowest BCUT2D eigenvalue weighted by Gasteiger charge is -2.13. The Morgan fingerprint density at radius 1 is 1.45 bits per heavy atom. The summed E-state index contributed by atoms with van der Waals surface area (Å²) in [6, 6.07) is 5.87. The van der Waals surface area contributed by atoms with Crippen molar-refractivity contribution in [1.29, 1.82) is 0 Å². The molecule has 0 saturated heterocycles. The zero-order valence-corrected chi connectivity index (χ0v) is 12.3. The molecule has 0 aliphatic heterocycles. The molecule has 1 aromatic heterocycles. The number of hydrogen-bond donors (Lipinski definition) is 2. The molecule has 20 heavy (non-hydrogen) atoms. The topological polar surface area (TPSA) is 80.9 Å². The first-order chi connectivity index (χ1) is 9.54. The second-order valence-corrected chi connectivity index (χ2v) is 6.27. The number of aromatic nitrogens is 2. The Kier molecular flexibility index (Phi) is 4.91. The van der Waals surface area contributed by atoms with Crippen LogP contribution in [-0.4, -0.2) is 21.9 Å². The van der Waals surface area contributed by atoms with Crippen LogP contribution in [0.25, 0.3) is 0 Å². The first kappa shape index (κ1) is 14.7. The number of carbonyl (C=O) groups is 1. The van der Waals surface area contributed by atoms with Crippen LogP contribution in [0.15, 0.2) is 28.6 Å². The van der Waals surface area contributed by atoms with Crippen molar-refractivity contribution < 1.29 is 9.18 Å². The molecule has 5 nitrogen and oxygen atoms in total. The molecular formula is C12H13FN4OS2. The number of rotatable bonds is 5. The monoisotopic (exact) mass is 312 g/mol. The Bertz CT molecular complexity index is 587. The molecule has 1 unspecified atom stereocenters. The molecule has 0 spiro atoms. The van der Waals surface area contributed by atoms with Gasteiger partial charge in [0.2, 0.25) is 11.0 Å². The van der Waals surface area contributed by atoms with E-state index in [1.807, 2.05) is 6.92 Å². The van der Waals surface area contributed by atoms with E-state index in [1.165, 1.54) is 35.2 Å². The average Bonchev–Trinajstić information content (AvgIpc) is 2.83. The van der Waals surface area contributed by atoms with Gasteiger partial charge in [-0.2, -0.15) is 0 Å². The lowest BCUT2D eigenvalue weighted by atomic mass is 10.1. The van der Waals surface area contributed by atoms with Crippen molar-refractivity contribution in [1.82, 2.24) is 15.5 Å². The van der Waals surface area contributed by atoms with E-state index < -0.39 is 0 Å². The van der Waals surface area contributed by atoms with Crippen LogP contribution < -0.4 is 11.1 Å². The van der Waals surface area contributed by atoms with Crippen LogP contribution in [0, 0.1) is 5.82 Å². The number of nitrogen functional groups attached to an aromatic ring is 1. The second kappa shape index (κ2) is 6.67. The van der Waals surface area contributed by atoms with E-state index in [2.05, 4.69) is 15.5 Å². The molecular weight excluding hydrogens is 299 g/mol. The fourth-order valence-electron chi connectivity index (χ4n) is 1.52. The standard InChI is InChI=1S/C12H13FN4OS2/c1-7(8-2-4-9(13)5-3-8)15-10(18)6-19-12-17-16-11(14)20-12/h2-5,7H,6H2,1H3,(H2,14,16)(H,15,18). The third kappa shape index (κ3) is 4.17. The third-order valence-electron chi connectivity index (χ3n) is 2.50. The van der Waals surface area contributed by atoms with E-state index >= 15 is 0 Å². The predicted octanol–water partition coefficient (Wildman–Crippen LogP) is 2.23. The van der Waals surface area contributed by atoms with Crippen molar-refractivity contribution >= 4 is 34.1 Å². The molecule has 1 heterocycles. The van der Waals surface area contributed by atoms with E-state index in [0.29, 0.717) is 9.47 Å². The quantitative estimate of drug-likeness (QED) is 0.828. The van der Waals surface area contributed by atoms with Crippen molar-refractivity contribution in [2.75, 3.05) is 11.5 Å². The minimum atomic E-state index is -0.295. The zero-order chi connectivity index (χ0) is 14.5. The van der Waals surface area contributed by atoms with Crippen LogP contribution >= 0.6 is 23.1 Å². The molecule has 1 atom stereocenters. The van der Waals surface area contributed by atoms with Crippen molar-refractivity contribution in [3.8, 4) is 0 Å². The minimum absolute atomic E-state index is 0.124. The van der Waals surface area contributed by atoms with Gasteiger partial charge in [0.05, 0.1) is 11.8 Å². The van der Waals surface area contributed by atoms with Crippen LogP contribution in [0.2, 0.25) is 0 Å². The molecule has 8 heteroatoms. The normalized spacial score (nSPS) is 12.1. The molecule has 106 valence electrons. The number of nitrogens with zero attached hydrogens (tertiary/aromatic N) is 2. The van der Waals surface area contributed by atoms with Gasteiger partial charge in [-0.1, -0.05) is 35.2 Å². The van der Waals surface area contributed by atoms with Crippen LogP contribution in [0.1, 0.15) is 18.5 Å². The summed E-state index contributed by atoms with van der Waals surface area (Å²) in [4.78, 5) is 11.8. The van der Waals surface area contributed by atoms with Gasteiger partial charge in [-0.3, -0.25) is 4.79 Å². The average molecular weight is 312 g/mol. The summed E-state index contributed by atoms with van der Waals surface area (Å²) in [5.74, 6) is -0.183. The Morgan fingerprint density at radius 2 is 2.15 bits per heavy atom. The molecule has 0 radical (unpaired) electrons. The highest BCUT2D eigenvalue weighted by Crippen LogP contribution is 2.23. The molecule has 0 bridgehead atoms. The highest BCUT2D eigenvalue weighted by Gasteiger charge is 2.11. The lowest BCUT2D eigenvalue weighted by molar-refractivity contribution is -0.119. The SMILES string of the molecule is CC(NC(=O)CSc1nnc(N)s1)c1ccc(F)cc1.